The van der Waals surface area contributed by atoms with E-state index in [-0.39, 0.29) is 11.4 Å². The molecule has 0 saturated heterocycles. The van der Waals surface area contributed by atoms with Crippen molar-refractivity contribution in [2.24, 2.45) is 10.9 Å². The van der Waals surface area contributed by atoms with Gasteiger partial charge in [0.15, 0.2) is 5.84 Å². The summed E-state index contributed by atoms with van der Waals surface area (Å²) in [4.78, 5) is 17.0. The van der Waals surface area contributed by atoms with E-state index in [1.165, 1.54) is 26.4 Å². The van der Waals surface area contributed by atoms with Gasteiger partial charge in [-0.25, -0.2) is 4.79 Å². The highest BCUT2D eigenvalue weighted by Crippen LogP contribution is 2.23. The fourth-order valence-electron chi connectivity index (χ4n) is 1.77. The number of oxime groups is 1. The molecule has 0 saturated carbocycles. The third-order valence-corrected chi connectivity index (χ3v) is 3.43. The van der Waals surface area contributed by atoms with Gasteiger partial charge in [-0.05, 0) is 24.3 Å². The molecule has 2 aromatic rings. The molecule has 0 amide bonds. The third-order valence-electron chi connectivity index (χ3n) is 2.93. The van der Waals surface area contributed by atoms with Crippen LogP contribution in [0.4, 0.5) is 0 Å². The Balaban J connectivity index is 2.17. The van der Waals surface area contributed by atoms with Crippen LogP contribution in [0.25, 0.3) is 0 Å². The van der Waals surface area contributed by atoms with Crippen LogP contribution in [0.2, 0.25) is 0 Å². The number of rotatable bonds is 5. The molecule has 2 rings (SSSR count). The van der Waals surface area contributed by atoms with Crippen molar-refractivity contribution in [3.63, 3.8) is 0 Å². The molecule has 0 aliphatic rings. The molecule has 2 N–H and O–H groups in total. The zero-order valence-corrected chi connectivity index (χ0v) is 14.2. The van der Waals surface area contributed by atoms with E-state index in [0.29, 0.717) is 17.1 Å². The molecule has 0 unspecified atom stereocenters. The second-order valence-electron chi connectivity index (χ2n) is 4.47. The highest BCUT2D eigenvalue weighted by molar-refractivity contribution is 9.10. The maximum atomic E-state index is 12.1. The van der Waals surface area contributed by atoms with Crippen molar-refractivity contribution in [2.45, 2.75) is 0 Å². The first kappa shape index (κ1) is 16.8. The van der Waals surface area contributed by atoms with Crippen LogP contribution in [0.1, 0.15) is 15.9 Å². The Kier molecular flexibility index (Phi) is 5.59. The van der Waals surface area contributed by atoms with Crippen molar-refractivity contribution >= 4 is 27.7 Å². The topological polar surface area (TPSA) is 83.1 Å². The van der Waals surface area contributed by atoms with Crippen LogP contribution in [-0.4, -0.2) is 26.0 Å². The molecule has 0 bridgehead atoms. The van der Waals surface area contributed by atoms with Gasteiger partial charge in [-0.1, -0.05) is 33.2 Å². The van der Waals surface area contributed by atoms with Crippen molar-refractivity contribution in [1.82, 2.24) is 0 Å². The summed E-state index contributed by atoms with van der Waals surface area (Å²) in [6, 6.07) is 11.9. The van der Waals surface area contributed by atoms with Gasteiger partial charge < -0.3 is 20.0 Å². The number of hydrogen-bond donors (Lipinski definition) is 1. The van der Waals surface area contributed by atoms with Gasteiger partial charge in [-0.2, -0.15) is 0 Å². The van der Waals surface area contributed by atoms with Gasteiger partial charge in [0.2, 0.25) is 0 Å². The Labute approximate surface area is 142 Å². The standard InChI is InChI=1S/C16H15BrN2O4/c1-21-13-7-11(8-14(9-13)22-2)16(20)23-19-15(18)10-4-3-5-12(17)6-10/h3-9H,1-2H3,(H2,18,19). The Hall–Kier alpha value is -2.54. The van der Waals surface area contributed by atoms with Gasteiger partial charge in [0, 0.05) is 16.1 Å². The molecular weight excluding hydrogens is 364 g/mol. The number of methoxy groups -OCH3 is 2. The van der Waals surface area contributed by atoms with E-state index in [4.69, 9.17) is 20.0 Å². The largest absolute Gasteiger partial charge is 0.497 e. The lowest BCUT2D eigenvalue weighted by molar-refractivity contribution is 0.0515. The summed E-state index contributed by atoms with van der Waals surface area (Å²) in [7, 11) is 2.99. The molecule has 7 heteroatoms. The molecule has 0 aliphatic heterocycles. The SMILES string of the molecule is COc1cc(OC)cc(C(=O)ON=C(N)c2cccc(Br)c2)c1. The summed E-state index contributed by atoms with van der Waals surface area (Å²) in [5.74, 6) is 0.371. The van der Waals surface area contributed by atoms with Crippen molar-refractivity contribution in [3.05, 3.63) is 58.1 Å². The summed E-state index contributed by atoms with van der Waals surface area (Å²) in [6.07, 6.45) is 0. The number of nitrogens with zero attached hydrogens (tertiary/aromatic N) is 1. The molecule has 0 aliphatic carbocycles. The van der Waals surface area contributed by atoms with Gasteiger partial charge >= 0.3 is 5.97 Å². The van der Waals surface area contributed by atoms with E-state index < -0.39 is 5.97 Å². The van der Waals surface area contributed by atoms with E-state index in [9.17, 15) is 4.79 Å². The fourth-order valence-corrected chi connectivity index (χ4v) is 2.17. The van der Waals surface area contributed by atoms with Crippen molar-refractivity contribution < 1.29 is 19.1 Å². The van der Waals surface area contributed by atoms with Crippen LogP contribution >= 0.6 is 15.9 Å². The second kappa shape index (κ2) is 7.64. The van der Waals surface area contributed by atoms with Crippen molar-refractivity contribution in [2.75, 3.05) is 14.2 Å². The number of carbonyl (C=O) groups excluding carboxylic acids is 1. The summed E-state index contributed by atoms with van der Waals surface area (Å²) < 4.78 is 11.0. The number of nitrogens with two attached hydrogens (primary N) is 1. The Morgan fingerprint density at radius 3 is 2.26 bits per heavy atom. The Morgan fingerprint density at radius 2 is 1.70 bits per heavy atom. The predicted molar refractivity (Wildman–Crippen MR) is 89.8 cm³/mol. The molecule has 0 spiro atoms. The highest BCUT2D eigenvalue weighted by atomic mass is 79.9. The lowest BCUT2D eigenvalue weighted by Crippen LogP contribution is -2.15. The summed E-state index contributed by atoms with van der Waals surface area (Å²) in [6.45, 7) is 0. The lowest BCUT2D eigenvalue weighted by Gasteiger charge is -2.07. The minimum atomic E-state index is -0.667. The molecule has 0 aromatic heterocycles. The first-order valence-electron chi connectivity index (χ1n) is 6.57. The van der Waals surface area contributed by atoms with Crippen molar-refractivity contribution in [1.29, 1.82) is 0 Å². The quantitative estimate of drug-likeness (QED) is 0.374. The number of amidine groups is 1. The second-order valence-corrected chi connectivity index (χ2v) is 5.38. The number of hydrogen-bond acceptors (Lipinski definition) is 5. The van der Waals surface area contributed by atoms with Gasteiger partial charge in [0.25, 0.3) is 0 Å². The summed E-state index contributed by atoms with van der Waals surface area (Å²) in [5.41, 5.74) is 6.68. The molecule has 23 heavy (non-hydrogen) atoms. The molecule has 2 aromatic carbocycles. The highest BCUT2D eigenvalue weighted by Gasteiger charge is 2.12. The minimum Gasteiger partial charge on any atom is -0.497 e. The van der Waals surface area contributed by atoms with Crippen LogP contribution in [0.5, 0.6) is 11.5 Å². The van der Waals surface area contributed by atoms with Gasteiger partial charge in [0.05, 0.1) is 19.8 Å². The zero-order chi connectivity index (χ0) is 16.8. The third kappa shape index (κ3) is 4.46. The van der Waals surface area contributed by atoms with Gasteiger partial charge in [0.1, 0.15) is 11.5 Å². The number of ether oxygens (including phenoxy) is 2. The molecule has 0 radical (unpaired) electrons. The molecular formula is C16H15BrN2O4. The number of carbonyl (C=O) groups is 1. The lowest BCUT2D eigenvalue weighted by atomic mass is 10.2. The first-order chi connectivity index (χ1) is 11.0. The Morgan fingerprint density at radius 1 is 1.04 bits per heavy atom. The zero-order valence-electron chi connectivity index (χ0n) is 12.6. The van der Waals surface area contributed by atoms with Crippen LogP contribution < -0.4 is 15.2 Å². The summed E-state index contributed by atoms with van der Waals surface area (Å²) in [5, 5.41) is 3.67. The minimum absolute atomic E-state index is 0.0921. The first-order valence-corrected chi connectivity index (χ1v) is 7.36. The van der Waals surface area contributed by atoms with E-state index in [0.717, 1.165) is 4.47 Å². The van der Waals surface area contributed by atoms with Crippen LogP contribution in [0, 0.1) is 0 Å². The maximum Gasteiger partial charge on any atom is 0.366 e. The maximum absolute atomic E-state index is 12.1. The fraction of sp³-hybridized carbons (Fsp3) is 0.125. The van der Waals surface area contributed by atoms with Crippen LogP contribution in [-0.2, 0) is 4.84 Å². The smallest absolute Gasteiger partial charge is 0.366 e. The number of halogens is 1. The van der Waals surface area contributed by atoms with E-state index >= 15 is 0 Å². The normalized spacial score (nSPS) is 11.0. The van der Waals surface area contributed by atoms with E-state index in [1.807, 2.05) is 6.07 Å². The average molecular weight is 379 g/mol. The Bertz CT molecular complexity index is 724. The predicted octanol–water partition coefficient (Wildman–Crippen LogP) is 2.94. The van der Waals surface area contributed by atoms with Gasteiger partial charge in [-0.3, -0.25) is 0 Å². The van der Waals surface area contributed by atoms with Crippen LogP contribution in [0.3, 0.4) is 0 Å². The molecule has 0 atom stereocenters. The average Bonchev–Trinajstić information content (AvgIpc) is 2.58. The number of benzene rings is 2. The van der Waals surface area contributed by atoms with E-state index in [1.54, 1.807) is 24.3 Å². The van der Waals surface area contributed by atoms with Gasteiger partial charge in [-0.15, -0.1) is 0 Å². The molecule has 0 heterocycles. The molecule has 120 valence electrons. The van der Waals surface area contributed by atoms with Crippen molar-refractivity contribution in [3.8, 4) is 11.5 Å². The monoisotopic (exact) mass is 378 g/mol. The molecule has 0 fully saturated rings. The van der Waals surface area contributed by atoms with E-state index in [2.05, 4.69) is 21.1 Å². The summed E-state index contributed by atoms with van der Waals surface area (Å²) >= 11 is 3.33. The molecule has 6 nitrogen and oxygen atoms in total. The van der Waals surface area contributed by atoms with Crippen LogP contribution in [0.15, 0.2) is 52.1 Å².